The summed E-state index contributed by atoms with van der Waals surface area (Å²) in [6.07, 6.45) is 8.38. The lowest BCUT2D eigenvalue weighted by atomic mass is 9.86. The number of rotatable bonds is 7. The maximum atomic E-state index is 12.7. The van der Waals surface area contributed by atoms with Crippen LogP contribution in [0, 0.1) is 5.41 Å². The van der Waals surface area contributed by atoms with Crippen LogP contribution in [-0.2, 0) is 6.54 Å². The fraction of sp³-hybridized carbons (Fsp3) is 0.304. The van der Waals surface area contributed by atoms with Crippen molar-refractivity contribution in [3.63, 3.8) is 0 Å². The number of anilines is 2. The molecular weight excluding hydrogens is 408 g/mol. The number of urea groups is 1. The van der Waals surface area contributed by atoms with Crippen molar-refractivity contribution in [1.82, 2.24) is 19.9 Å². The van der Waals surface area contributed by atoms with E-state index in [2.05, 4.69) is 46.7 Å². The fourth-order valence-electron chi connectivity index (χ4n) is 3.03. The van der Waals surface area contributed by atoms with Crippen LogP contribution in [-0.4, -0.2) is 39.6 Å². The van der Waals surface area contributed by atoms with Crippen LogP contribution in [0.15, 0.2) is 61.4 Å². The van der Waals surface area contributed by atoms with Crippen LogP contribution in [0.25, 0.3) is 0 Å². The van der Waals surface area contributed by atoms with Gasteiger partial charge in [0.25, 0.3) is 5.91 Å². The molecule has 2 heterocycles. The third-order valence-corrected chi connectivity index (χ3v) is 4.93. The molecule has 32 heavy (non-hydrogen) atoms. The maximum Gasteiger partial charge on any atom is 0.319 e. The van der Waals surface area contributed by atoms with Crippen molar-refractivity contribution in [2.75, 3.05) is 17.7 Å². The molecule has 0 saturated carbocycles. The molecule has 1 atom stereocenters. The smallest absolute Gasteiger partial charge is 0.319 e. The molecule has 0 spiro atoms. The third-order valence-electron chi connectivity index (χ3n) is 4.93. The summed E-state index contributed by atoms with van der Waals surface area (Å²) in [5, 5.41) is 8.66. The van der Waals surface area contributed by atoms with Gasteiger partial charge >= 0.3 is 6.03 Å². The summed E-state index contributed by atoms with van der Waals surface area (Å²) >= 11 is 0. The molecule has 0 aliphatic heterocycles. The Balaban J connectivity index is 1.67. The van der Waals surface area contributed by atoms with Crippen LogP contribution in [0.5, 0.6) is 5.75 Å². The molecule has 3 rings (SSSR count). The number of pyridine rings is 1. The zero-order valence-corrected chi connectivity index (χ0v) is 18.6. The number of aromatic nitrogens is 3. The third kappa shape index (κ3) is 6.07. The second kappa shape index (κ2) is 9.95. The summed E-state index contributed by atoms with van der Waals surface area (Å²) in [6.45, 7) is 6.80. The number of imidazole rings is 1. The van der Waals surface area contributed by atoms with Crippen molar-refractivity contribution < 1.29 is 14.3 Å². The van der Waals surface area contributed by atoms with Crippen LogP contribution >= 0.6 is 0 Å². The quantitative estimate of drug-likeness (QED) is 0.522. The first kappa shape index (κ1) is 22.8. The number of carbonyl (C=O) groups is 2. The van der Waals surface area contributed by atoms with Crippen LogP contribution < -0.4 is 20.7 Å². The zero-order valence-electron chi connectivity index (χ0n) is 18.6. The predicted molar refractivity (Wildman–Crippen MR) is 123 cm³/mol. The minimum Gasteiger partial charge on any atom is -0.494 e. The maximum absolute atomic E-state index is 12.7. The first-order valence-corrected chi connectivity index (χ1v) is 10.2. The van der Waals surface area contributed by atoms with Crippen LogP contribution in [0.1, 0.15) is 31.1 Å². The van der Waals surface area contributed by atoms with Gasteiger partial charge in [-0.2, -0.15) is 0 Å². The Hall–Kier alpha value is -3.88. The summed E-state index contributed by atoms with van der Waals surface area (Å²) in [7, 11) is 1.50. The second-order valence-electron chi connectivity index (χ2n) is 8.39. The van der Waals surface area contributed by atoms with E-state index in [1.807, 2.05) is 10.8 Å². The van der Waals surface area contributed by atoms with Crippen LogP contribution in [0.4, 0.5) is 16.2 Å². The Morgan fingerprint density at radius 2 is 1.94 bits per heavy atom. The van der Waals surface area contributed by atoms with Gasteiger partial charge in [-0.15, -0.1) is 0 Å². The molecule has 1 aromatic carbocycles. The number of hydrogen-bond donors (Lipinski definition) is 3. The normalized spacial score (nSPS) is 12.0. The number of methoxy groups -OCH3 is 1. The lowest BCUT2D eigenvalue weighted by Gasteiger charge is -2.31. The summed E-state index contributed by atoms with van der Waals surface area (Å²) < 4.78 is 7.33. The SMILES string of the molecule is COc1cc(NC(=O)N[C@H](Cn2ccnc2)C(C)(C)C)ccc1NC(=O)c1cccnc1. The Morgan fingerprint density at radius 3 is 2.56 bits per heavy atom. The van der Waals surface area contributed by atoms with Gasteiger partial charge in [-0.1, -0.05) is 20.8 Å². The van der Waals surface area contributed by atoms with Crippen LogP contribution in [0.3, 0.4) is 0 Å². The Labute approximate surface area is 187 Å². The second-order valence-corrected chi connectivity index (χ2v) is 8.39. The molecule has 0 unspecified atom stereocenters. The van der Waals surface area contributed by atoms with Gasteiger partial charge < -0.3 is 25.3 Å². The highest BCUT2D eigenvalue weighted by Crippen LogP contribution is 2.28. The van der Waals surface area contributed by atoms with Gasteiger partial charge in [0.2, 0.25) is 0 Å². The lowest BCUT2D eigenvalue weighted by Crippen LogP contribution is -2.47. The summed E-state index contributed by atoms with van der Waals surface area (Å²) in [4.78, 5) is 33.1. The molecule has 9 heteroatoms. The van der Waals surface area contributed by atoms with E-state index in [9.17, 15) is 9.59 Å². The molecule has 2 aromatic heterocycles. The molecule has 0 radical (unpaired) electrons. The molecule has 0 fully saturated rings. The molecule has 0 bridgehead atoms. The number of hydrogen-bond acceptors (Lipinski definition) is 5. The number of benzene rings is 1. The lowest BCUT2D eigenvalue weighted by molar-refractivity contribution is 0.102. The van der Waals surface area contributed by atoms with Crippen LogP contribution in [0.2, 0.25) is 0 Å². The monoisotopic (exact) mass is 436 g/mol. The topological polar surface area (TPSA) is 110 Å². The van der Waals surface area contributed by atoms with Crippen molar-refractivity contribution in [3.05, 3.63) is 67.0 Å². The van der Waals surface area contributed by atoms with Gasteiger partial charge in [-0.05, 0) is 29.7 Å². The van der Waals surface area contributed by atoms with E-state index in [0.717, 1.165) is 0 Å². The Bertz CT molecular complexity index is 1050. The van der Waals surface area contributed by atoms with E-state index in [4.69, 9.17) is 4.74 Å². The Morgan fingerprint density at radius 1 is 1.12 bits per heavy atom. The molecule has 3 amide bonds. The first-order valence-electron chi connectivity index (χ1n) is 10.2. The van der Waals surface area contributed by atoms with Gasteiger partial charge in [0.05, 0.1) is 30.7 Å². The standard InChI is InChI=1S/C23H28N6O3/c1-23(2,3)20(14-29-11-10-25-15-29)28-22(31)26-17-7-8-18(19(12-17)32-4)27-21(30)16-6-5-9-24-13-16/h5-13,15,20H,14H2,1-4H3,(H,27,30)(H2,26,28,31)/t20-/m1/s1. The summed E-state index contributed by atoms with van der Waals surface area (Å²) in [6, 6.07) is 7.93. The average molecular weight is 437 g/mol. The van der Waals surface area contributed by atoms with E-state index in [-0.39, 0.29) is 23.4 Å². The van der Waals surface area contributed by atoms with E-state index >= 15 is 0 Å². The molecule has 0 saturated heterocycles. The van der Waals surface area contributed by atoms with Crippen molar-refractivity contribution in [2.24, 2.45) is 5.41 Å². The minimum absolute atomic E-state index is 0.128. The molecule has 0 aliphatic carbocycles. The van der Waals surface area contributed by atoms with Crippen molar-refractivity contribution in [2.45, 2.75) is 33.4 Å². The molecule has 3 N–H and O–H groups in total. The molecular formula is C23H28N6O3. The largest absolute Gasteiger partial charge is 0.494 e. The summed E-state index contributed by atoms with van der Waals surface area (Å²) in [5.74, 6) is 0.119. The number of nitrogens with zero attached hydrogens (tertiary/aromatic N) is 3. The highest BCUT2D eigenvalue weighted by molar-refractivity contribution is 6.05. The molecule has 0 aliphatic rings. The van der Waals surface area contributed by atoms with Crippen molar-refractivity contribution >= 4 is 23.3 Å². The molecule has 168 valence electrons. The van der Waals surface area contributed by atoms with E-state index in [0.29, 0.717) is 29.2 Å². The van der Waals surface area contributed by atoms with Gasteiger partial charge in [-0.3, -0.25) is 9.78 Å². The first-order chi connectivity index (χ1) is 15.3. The zero-order chi connectivity index (χ0) is 23.1. The highest BCUT2D eigenvalue weighted by atomic mass is 16.5. The van der Waals surface area contributed by atoms with Crippen molar-refractivity contribution in [3.8, 4) is 5.75 Å². The molecule has 3 aromatic rings. The number of carbonyl (C=O) groups excluding carboxylic acids is 2. The van der Waals surface area contributed by atoms with E-state index < -0.39 is 0 Å². The van der Waals surface area contributed by atoms with Gasteiger partial charge in [0.1, 0.15) is 5.75 Å². The van der Waals surface area contributed by atoms with Gasteiger partial charge in [0.15, 0.2) is 0 Å². The molecule has 9 nitrogen and oxygen atoms in total. The van der Waals surface area contributed by atoms with E-state index in [1.165, 1.54) is 13.3 Å². The van der Waals surface area contributed by atoms with Gasteiger partial charge in [-0.25, -0.2) is 9.78 Å². The van der Waals surface area contributed by atoms with E-state index in [1.54, 1.807) is 49.1 Å². The van der Waals surface area contributed by atoms with Gasteiger partial charge in [0, 0.05) is 43.1 Å². The minimum atomic E-state index is -0.334. The number of nitrogens with one attached hydrogen (secondary N) is 3. The summed E-state index contributed by atoms with van der Waals surface area (Å²) in [5.41, 5.74) is 1.29. The van der Waals surface area contributed by atoms with Crippen molar-refractivity contribution in [1.29, 1.82) is 0 Å². The Kier molecular flexibility index (Phi) is 7.09. The number of amides is 3. The highest BCUT2D eigenvalue weighted by Gasteiger charge is 2.26. The number of ether oxygens (including phenoxy) is 1. The average Bonchev–Trinajstić information content (AvgIpc) is 3.27. The predicted octanol–water partition coefficient (Wildman–Crippen LogP) is 3.78. The fourth-order valence-corrected chi connectivity index (χ4v) is 3.03.